The minimum Gasteiger partial charge on any atom is -0.454 e. The molecule has 1 saturated heterocycles. The first kappa shape index (κ1) is 20.4. The molecule has 8 heteroatoms. The Morgan fingerprint density at radius 2 is 1.82 bits per heavy atom. The number of amides is 2. The molecule has 0 saturated carbocycles. The Balaban J connectivity index is 1.61. The Bertz CT molecular complexity index is 676. The first-order valence-electron chi connectivity index (χ1n) is 10.1. The van der Waals surface area contributed by atoms with Gasteiger partial charge in [0.2, 0.25) is 6.79 Å². The van der Waals surface area contributed by atoms with Gasteiger partial charge in [0, 0.05) is 12.1 Å². The zero-order valence-electron chi connectivity index (χ0n) is 16.4. The van der Waals surface area contributed by atoms with Gasteiger partial charge in [-0.2, -0.15) is 0 Å². The predicted octanol–water partition coefficient (Wildman–Crippen LogP) is -0.206. The number of unbranched alkanes of at least 4 members (excludes halogenated alkanes) is 2. The SMILES string of the molecule is CCCCCNC(=O)C(=O)NC[C@@H](c1ccc2c(c1)OCO2)[NH+]1CCOCC1. The maximum Gasteiger partial charge on any atom is 0.309 e. The number of carbonyl (C=O) groups excluding carboxylic acids is 2. The number of morpholine rings is 1. The van der Waals surface area contributed by atoms with E-state index in [1.807, 2.05) is 18.2 Å². The second-order valence-electron chi connectivity index (χ2n) is 7.11. The lowest BCUT2D eigenvalue weighted by Gasteiger charge is -2.32. The number of benzene rings is 1. The maximum absolute atomic E-state index is 12.2. The van der Waals surface area contributed by atoms with Gasteiger partial charge in [0.25, 0.3) is 0 Å². The van der Waals surface area contributed by atoms with E-state index in [0.717, 1.165) is 49.4 Å². The van der Waals surface area contributed by atoms with Crippen LogP contribution in [0.25, 0.3) is 0 Å². The molecule has 1 aromatic carbocycles. The molecule has 2 aliphatic heterocycles. The highest BCUT2D eigenvalue weighted by Gasteiger charge is 2.29. The van der Waals surface area contributed by atoms with Crippen LogP contribution in [0.15, 0.2) is 18.2 Å². The van der Waals surface area contributed by atoms with Crippen molar-refractivity contribution in [1.29, 1.82) is 0 Å². The number of rotatable bonds is 8. The molecule has 3 N–H and O–H groups in total. The van der Waals surface area contributed by atoms with Crippen LogP contribution in [-0.4, -0.2) is 58.0 Å². The number of quaternary nitrogens is 1. The number of hydrogen-bond acceptors (Lipinski definition) is 5. The monoisotopic (exact) mass is 392 g/mol. The van der Waals surface area contributed by atoms with Gasteiger partial charge in [0.15, 0.2) is 11.5 Å². The van der Waals surface area contributed by atoms with E-state index < -0.39 is 11.8 Å². The normalized spacial score (nSPS) is 17.2. The number of hydrogen-bond donors (Lipinski definition) is 3. The largest absolute Gasteiger partial charge is 0.454 e. The molecule has 2 aliphatic rings. The summed E-state index contributed by atoms with van der Waals surface area (Å²) in [5.41, 5.74) is 1.05. The number of ether oxygens (including phenoxy) is 3. The fourth-order valence-electron chi connectivity index (χ4n) is 3.54. The van der Waals surface area contributed by atoms with Crippen molar-refractivity contribution in [3.63, 3.8) is 0 Å². The lowest BCUT2D eigenvalue weighted by Crippen LogP contribution is -3.15. The van der Waals surface area contributed by atoms with Crippen molar-refractivity contribution < 1.29 is 28.7 Å². The Kier molecular flexibility index (Phi) is 7.50. The minimum atomic E-state index is -0.588. The molecule has 1 atom stereocenters. The van der Waals surface area contributed by atoms with E-state index in [2.05, 4.69) is 17.6 Å². The van der Waals surface area contributed by atoms with Gasteiger partial charge in [-0.1, -0.05) is 19.8 Å². The molecule has 0 aliphatic carbocycles. The summed E-state index contributed by atoms with van der Waals surface area (Å²) in [6.45, 7) is 6.28. The van der Waals surface area contributed by atoms with E-state index in [0.29, 0.717) is 26.3 Å². The minimum absolute atomic E-state index is 0.00948. The van der Waals surface area contributed by atoms with Gasteiger partial charge in [-0.25, -0.2) is 0 Å². The quantitative estimate of drug-likeness (QED) is 0.421. The molecule has 28 heavy (non-hydrogen) atoms. The zero-order chi connectivity index (χ0) is 19.8. The third-order valence-electron chi connectivity index (χ3n) is 5.17. The third-order valence-corrected chi connectivity index (χ3v) is 5.17. The lowest BCUT2D eigenvalue weighted by atomic mass is 10.0. The molecule has 0 unspecified atom stereocenters. The summed E-state index contributed by atoms with van der Waals surface area (Å²) in [5, 5.41) is 5.48. The summed E-state index contributed by atoms with van der Waals surface area (Å²) in [6.07, 6.45) is 2.99. The number of carbonyl (C=O) groups is 2. The van der Waals surface area contributed by atoms with E-state index in [1.165, 1.54) is 4.90 Å². The van der Waals surface area contributed by atoms with E-state index in [9.17, 15) is 9.59 Å². The van der Waals surface area contributed by atoms with Crippen molar-refractivity contribution in [3.05, 3.63) is 23.8 Å². The summed E-state index contributed by atoms with van der Waals surface area (Å²) in [5.74, 6) is 0.289. The van der Waals surface area contributed by atoms with Crippen LogP contribution in [0, 0.1) is 0 Å². The molecule has 2 heterocycles. The number of nitrogens with one attached hydrogen (secondary N) is 3. The molecular weight excluding hydrogens is 362 g/mol. The molecule has 1 fully saturated rings. The average molecular weight is 392 g/mol. The summed E-state index contributed by atoms with van der Waals surface area (Å²) >= 11 is 0. The molecule has 0 spiro atoms. The lowest BCUT2D eigenvalue weighted by molar-refractivity contribution is -0.937. The van der Waals surface area contributed by atoms with Crippen LogP contribution in [0.5, 0.6) is 11.5 Å². The van der Waals surface area contributed by atoms with Crippen molar-refractivity contribution in [2.75, 3.05) is 46.2 Å². The van der Waals surface area contributed by atoms with Crippen molar-refractivity contribution in [2.45, 2.75) is 32.2 Å². The first-order chi connectivity index (χ1) is 13.7. The van der Waals surface area contributed by atoms with Crippen molar-refractivity contribution in [3.8, 4) is 11.5 Å². The molecule has 3 rings (SSSR count). The Labute approximate surface area is 165 Å². The molecule has 0 aromatic heterocycles. The van der Waals surface area contributed by atoms with Gasteiger partial charge >= 0.3 is 11.8 Å². The standard InChI is InChI=1S/C20H29N3O5/c1-2-3-4-7-21-19(24)20(25)22-13-16(23-8-10-26-11-9-23)15-5-6-17-18(12-15)28-14-27-17/h5-6,12,16H,2-4,7-11,13-14H2,1H3,(H,21,24)(H,22,25)/p+1/t16-/m0/s1. The summed E-state index contributed by atoms with van der Waals surface area (Å²) in [4.78, 5) is 25.5. The Hall–Kier alpha value is -2.32. The van der Waals surface area contributed by atoms with Crippen molar-refractivity contribution in [1.82, 2.24) is 10.6 Å². The Morgan fingerprint density at radius 3 is 2.61 bits per heavy atom. The summed E-state index contributed by atoms with van der Waals surface area (Å²) in [6, 6.07) is 5.87. The van der Waals surface area contributed by atoms with Crippen molar-refractivity contribution >= 4 is 11.8 Å². The highest BCUT2D eigenvalue weighted by atomic mass is 16.7. The van der Waals surface area contributed by atoms with E-state index in [-0.39, 0.29) is 12.8 Å². The van der Waals surface area contributed by atoms with Crippen LogP contribution in [-0.2, 0) is 14.3 Å². The van der Waals surface area contributed by atoms with Crippen LogP contribution < -0.4 is 25.0 Å². The van der Waals surface area contributed by atoms with Gasteiger partial charge in [-0.3, -0.25) is 9.59 Å². The molecule has 2 amide bonds. The fourth-order valence-corrected chi connectivity index (χ4v) is 3.54. The zero-order valence-corrected chi connectivity index (χ0v) is 16.4. The molecular formula is C20H30N3O5+. The topological polar surface area (TPSA) is 90.3 Å². The number of fused-ring (bicyclic) bond motifs is 1. The van der Waals surface area contributed by atoms with Crippen LogP contribution in [0.1, 0.15) is 37.8 Å². The maximum atomic E-state index is 12.2. The Morgan fingerprint density at radius 1 is 1.07 bits per heavy atom. The first-order valence-corrected chi connectivity index (χ1v) is 10.1. The van der Waals surface area contributed by atoms with Gasteiger partial charge in [0.1, 0.15) is 19.1 Å². The second-order valence-corrected chi connectivity index (χ2v) is 7.11. The molecule has 0 radical (unpaired) electrons. The highest BCUT2D eigenvalue weighted by molar-refractivity contribution is 6.35. The average Bonchev–Trinajstić information content (AvgIpc) is 3.20. The van der Waals surface area contributed by atoms with E-state index in [4.69, 9.17) is 14.2 Å². The molecule has 0 bridgehead atoms. The predicted molar refractivity (Wildman–Crippen MR) is 102 cm³/mol. The third kappa shape index (κ3) is 5.36. The van der Waals surface area contributed by atoms with Gasteiger partial charge in [-0.15, -0.1) is 0 Å². The summed E-state index contributed by atoms with van der Waals surface area (Å²) < 4.78 is 16.4. The van der Waals surface area contributed by atoms with Crippen LogP contribution in [0.4, 0.5) is 0 Å². The van der Waals surface area contributed by atoms with E-state index in [1.54, 1.807) is 0 Å². The smallest absolute Gasteiger partial charge is 0.309 e. The summed E-state index contributed by atoms with van der Waals surface area (Å²) in [7, 11) is 0. The van der Waals surface area contributed by atoms with Crippen LogP contribution in [0.3, 0.4) is 0 Å². The van der Waals surface area contributed by atoms with Gasteiger partial charge < -0.3 is 29.7 Å². The van der Waals surface area contributed by atoms with Crippen LogP contribution in [0.2, 0.25) is 0 Å². The second kappa shape index (κ2) is 10.3. The molecule has 8 nitrogen and oxygen atoms in total. The van der Waals surface area contributed by atoms with Gasteiger partial charge in [0.05, 0.1) is 19.8 Å². The molecule has 154 valence electrons. The van der Waals surface area contributed by atoms with E-state index >= 15 is 0 Å². The van der Waals surface area contributed by atoms with Crippen molar-refractivity contribution in [2.24, 2.45) is 0 Å². The fraction of sp³-hybridized carbons (Fsp3) is 0.600. The van der Waals surface area contributed by atoms with Crippen LogP contribution >= 0.6 is 0 Å². The molecule has 1 aromatic rings. The van der Waals surface area contributed by atoms with Gasteiger partial charge in [-0.05, 0) is 24.6 Å². The highest BCUT2D eigenvalue weighted by Crippen LogP contribution is 2.33.